The zero-order chi connectivity index (χ0) is 9.97. The monoisotopic (exact) mass is 186 g/mol. The van der Waals surface area contributed by atoms with Crippen molar-refractivity contribution in [2.75, 3.05) is 0 Å². The van der Waals surface area contributed by atoms with E-state index in [-0.39, 0.29) is 0 Å². The molecule has 0 aromatic heterocycles. The van der Waals surface area contributed by atoms with Crippen LogP contribution in [0.3, 0.4) is 0 Å². The molecule has 0 bridgehead atoms. The fraction of sp³-hybridized carbons (Fsp3) is 0.417. The first-order valence-electron chi connectivity index (χ1n) is 4.99. The van der Waals surface area contributed by atoms with Crippen molar-refractivity contribution in [1.29, 1.82) is 5.26 Å². The van der Waals surface area contributed by atoms with Gasteiger partial charge in [-0.15, -0.1) is 0 Å². The first-order valence-corrected chi connectivity index (χ1v) is 4.99. The summed E-state index contributed by atoms with van der Waals surface area (Å²) in [5, 5.41) is 8.64. The van der Waals surface area contributed by atoms with Crippen molar-refractivity contribution in [2.24, 2.45) is 0 Å². The van der Waals surface area contributed by atoms with Crippen LogP contribution < -0.4 is 0 Å². The van der Waals surface area contributed by atoms with Gasteiger partial charge in [-0.2, -0.15) is 5.26 Å². The van der Waals surface area contributed by atoms with Crippen LogP contribution in [0.4, 0.5) is 0 Å². The topological polar surface area (TPSA) is 27.0 Å². The molecule has 0 spiro atoms. The third kappa shape index (κ3) is 1.64. The average Bonchev–Trinajstić information content (AvgIpc) is 2.61. The summed E-state index contributed by atoms with van der Waals surface area (Å²) in [6.45, 7) is 4.12. The van der Waals surface area contributed by atoms with E-state index in [1.54, 1.807) is 0 Å². The highest BCUT2D eigenvalue weighted by Crippen LogP contribution is 2.24. The minimum atomic E-state index is 0.368. The van der Waals surface area contributed by atoms with Crippen molar-refractivity contribution in [3.05, 3.63) is 35.4 Å². The van der Waals surface area contributed by atoms with Crippen LogP contribution in [-0.2, 0) is 13.1 Å². The van der Waals surface area contributed by atoms with Gasteiger partial charge < -0.3 is 0 Å². The van der Waals surface area contributed by atoms with E-state index in [4.69, 9.17) is 5.26 Å². The minimum absolute atomic E-state index is 0.368. The van der Waals surface area contributed by atoms with Gasteiger partial charge in [0, 0.05) is 19.1 Å². The minimum Gasteiger partial charge on any atom is -0.291 e. The molecular formula is C12H14N2. The van der Waals surface area contributed by atoms with Crippen molar-refractivity contribution in [2.45, 2.75) is 32.5 Å². The van der Waals surface area contributed by atoms with E-state index in [1.165, 1.54) is 11.1 Å². The Morgan fingerprint density at radius 2 is 1.93 bits per heavy atom. The van der Waals surface area contributed by atoms with Crippen LogP contribution in [0.5, 0.6) is 0 Å². The normalized spacial score (nSPS) is 17.4. The maximum Gasteiger partial charge on any atom is 0.0638 e. The molecule has 0 saturated carbocycles. The molecule has 1 aromatic rings. The van der Waals surface area contributed by atoms with E-state index in [0.29, 0.717) is 12.5 Å². The molecule has 72 valence electrons. The second-order valence-electron chi connectivity index (χ2n) is 3.88. The highest BCUT2D eigenvalue weighted by atomic mass is 15.2. The van der Waals surface area contributed by atoms with Crippen LogP contribution in [0.2, 0.25) is 0 Å². The maximum atomic E-state index is 8.64. The fourth-order valence-corrected chi connectivity index (χ4v) is 1.93. The molecule has 1 heterocycles. The summed E-state index contributed by atoms with van der Waals surface area (Å²) in [5.41, 5.74) is 2.83. The van der Waals surface area contributed by atoms with Gasteiger partial charge >= 0.3 is 0 Å². The van der Waals surface area contributed by atoms with Crippen molar-refractivity contribution in [1.82, 2.24) is 4.90 Å². The number of nitrogens with zero attached hydrogens (tertiary/aromatic N) is 2. The second kappa shape index (κ2) is 3.81. The lowest BCUT2D eigenvalue weighted by Gasteiger charge is -2.20. The third-order valence-electron chi connectivity index (χ3n) is 2.88. The summed E-state index contributed by atoms with van der Waals surface area (Å²) in [6, 6.07) is 11.1. The number of hydrogen-bond acceptors (Lipinski definition) is 2. The van der Waals surface area contributed by atoms with Gasteiger partial charge in [0.05, 0.1) is 12.5 Å². The summed E-state index contributed by atoms with van der Waals surface area (Å²) < 4.78 is 0. The van der Waals surface area contributed by atoms with Crippen LogP contribution in [0, 0.1) is 11.3 Å². The fourth-order valence-electron chi connectivity index (χ4n) is 1.93. The van der Waals surface area contributed by atoms with Gasteiger partial charge in [-0.3, -0.25) is 4.90 Å². The van der Waals surface area contributed by atoms with Crippen LogP contribution in [0.15, 0.2) is 24.3 Å². The van der Waals surface area contributed by atoms with Crippen molar-refractivity contribution in [3.8, 4) is 6.07 Å². The molecule has 1 aromatic carbocycles. The molecule has 0 amide bonds. The Morgan fingerprint density at radius 3 is 2.43 bits per heavy atom. The smallest absolute Gasteiger partial charge is 0.0638 e. The molecule has 0 fully saturated rings. The number of benzene rings is 1. The van der Waals surface area contributed by atoms with Crippen LogP contribution in [-0.4, -0.2) is 10.9 Å². The largest absolute Gasteiger partial charge is 0.291 e. The van der Waals surface area contributed by atoms with Gasteiger partial charge in [-0.1, -0.05) is 24.3 Å². The Balaban J connectivity index is 2.08. The molecule has 1 unspecified atom stereocenters. The predicted octanol–water partition coefficient (Wildman–Crippen LogP) is 2.30. The standard InChI is InChI=1S/C12H14N2/c1-10(6-7-13)14-8-11-4-2-3-5-12(11)9-14/h2-5,10H,6,8-9H2,1H3. The number of rotatable bonds is 2. The molecule has 1 atom stereocenters. The number of fused-ring (bicyclic) bond motifs is 1. The highest BCUT2D eigenvalue weighted by Gasteiger charge is 2.22. The summed E-state index contributed by atoms with van der Waals surface area (Å²) in [7, 11) is 0. The molecule has 2 nitrogen and oxygen atoms in total. The average molecular weight is 186 g/mol. The van der Waals surface area contributed by atoms with Gasteiger partial charge in [-0.05, 0) is 18.1 Å². The third-order valence-corrected chi connectivity index (χ3v) is 2.88. The Bertz CT molecular complexity index is 340. The zero-order valence-electron chi connectivity index (χ0n) is 8.40. The van der Waals surface area contributed by atoms with Crippen molar-refractivity contribution >= 4 is 0 Å². The van der Waals surface area contributed by atoms with Gasteiger partial charge in [0.15, 0.2) is 0 Å². The lowest BCUT2D eigenvalue weighted by molar-refractivity contribution is 0.215. The van der Waals surface area contributed by atoms with E-state index in [1.807, 2.05) is 0 Å². The molecule has 14 heavy (non-hydrogen) atoms. The molecule has 2 rings (SSSR count). The highest BCUT2D eigenvalue weighted by molar-refractivity contribution is 5.30. The molecule has 2 heteroatoms. The summed E-state index contributed by atoms with van der Waals surface area (Å²) in [6.07, 6.45) is 0.619. The van der Waals surface area contributed by atoms with E-state index >= 15 is 0 Å². The molecule has 0 saturated heterocycles. The van der Waals surface area contributed by atoms with E-state index in [0.717, 1.165) is 13.1 Å². The molecule has 0 radical (unpaired) electrons. The summed E-state index contributed by atoms with van der Waals surface area (Å²) >= 11 is 0. The Hall–Kier alpha value is -1.33. The molecular weight excluding hydrogens is 172 g/mol. The van der Waals surface area contributed by atoms with Gasteiger partial charge in [0.25, 0.3) is 0 Å². The second-order valence-corrected chi connectivity index (χ2v) is 3.88. The lowest BCUT2D eigenvalue weighted by atomic mass is 10.1. The van der Waals surface area contributed by atoms with Gasteiger partial charge in [0.1, 0.15) is 0 Å². The zero-order valence-corrected chi connectivity index (χ0v) is 8.40. The van der Waals surface area contributed by atoms with E-state index < -0.39 is 0 Å². The summed E-state index contributed by atoms with van der Waals surface area (Å²) in [4.78, 5) is 2.36. The quantitative estimate of drug-likeness (QED) is 0.708. The van der Waals surface area contributed by atoms with Gasteiger partial charge in [-0.25, -0.2) is 0 Å². The first kappa shape index (κ1) is 9.23. The predicted molar refractivity (Wildman–Crippen MR) is 55.4 cm³/mol. The molecule has 1 aliphatic rings. The molecule has 1 aliphatic heterocycles. The van der Waals surface area contributed by atoms with Crippen molar-refractivity contribution < 1.29 is 0 Å². The maximum absolute atomic E-state index is 8.64. The molecule has 0 aliphatic carbocycles. The van der Waals surface area contributed by atoms with Gasteiger partial charge in [0.2, 0.25) is 0 Å². The van der Waals surface area contributed by atoms with E-state index in [2.05, 4.69) is 42.2 Å². The first-order chi connectivity index (χ1) is 6.81. The van der Waals surface area contributed by atoms with Crippen LogP contribution in [0.25, 0.3) is 0 Å². The van der Waals surface area contributed by atoms with Crippen LogP contribution in [0.1, 0.15) is 24.5 Å². The lowest BCUT2D eigenvalue weighted by Crippen LogP contribution is -2.27. The van der Waals surface area contributed by atoms with Crippen molar-refractivity contribution in [3.63, 3.8) is 0 Å². The SMILES string of the molecule is CC(CC#N)N1Cc2ccccc2C1. The Morgan fingerprint density at radius 1 is 1.36 bits per heavy atom. The Kier molecular flexibility index (Phi) is 2.51. The van der Waals surface area contributed by atoms with E-state index in [9.17, 15) is 0 Å². The summed E-state index contributed by atoms with van der Waals surface area (Å²) in [5.74, 6) is 0. The molecule has 0 N–H and O–H groups in total. The van der Waals surface area contributed by atoms with Crippen LogP contribution >= 0.6 is 0 Å². The Labute approximate surface area is 84.8 Å². The number of nitriles is 1. The number of hydrogen-bond donors (Lipinski definition) is 0.